The molecule has 0 aromatic heterocycles. The number of benzene rings is 1. The molecule has 0 radical (unpaired) electrons. The molecule has 0 saturated heterocycles. The van der Waals surface area contributed by atoms with E-state index in [2.05, 4.69) is 0 Å². The number of hydrogen-bond donors (Lipinski definition) is 1. The van der Waals surface area contributed by atoms with Gasteiger partial charge in [-0.3, -0.25) is 10.1 Å². The number of nitro benzene ring substituents is 1. The maximum Gasteiger partial charge on any atom is 0.296 e. The Bertz CT molecular complexity index is 436. The summed E-state index contributed by atoms with van der Waals surface area (Å²) in [7, 11) is 1.32. The SMILES string of the molecule is COc1ccc(CO)c([N+](=O)[O-])c1C#N. The fourth-order valence-corrected chi connectivity index (χ4v) is 1.23. The molecule has 0 amide bonds. The summed E-state index contributed by atoms with van der Waals surface area (Å²) in [6, 6.07) is 4.47. The van der Waals surface area contributed by atoms with E-state index in [4.69, 9.17) is 15.1 Å². The predicted octanol–water partition coefficient (Wildman–Crippen LogP) is 0.967. The van der Waals surface area contributed by atoms with Gasteiger partial charge in [0.1, 0.15) is 11.8 Å². The molecule has 0 bridgehead atoms. The molecule has 0 aliphatic heterocycles. The van der Waals surface area contributed by atoms with Gasteiger partial charge in [-0.2, -0.15) is 5.26 Å². The first-order valence-electron chi connectivity index (χ1n) is 4.01. The van der Waals surface area contributed by atoms with Crippen LogP contribution in [-0.2, 0) is 6.61 Å². The highest BCUT2D eigenvalue weighted by Gasteiger charge is 2.23. The number of rotatable bonds is 3. The molecule has 0 spiro atoms. The van der Waals surface area contributed by atoms with Crippen molar-refractivity contribution in [3.8, 4) is 11.8 Å². The van der Waals surface area contributed by atoms with E-state index in [1.54, 1.807) is 6.07 Å². The highest BCUT2D eigenvalue weighted by molar-refractivity contribution is 5.61. The van der Waals surface area contributed by atoms with Crippen molar-refractivity contribution < 1.29 is 14.8 Å². The number of ether oxygens (including phenoxy) is 1. The van der Waals surface area contributed by atoms with Crippen molar-refractivity contribution in [2.75, 3.05) is 7.11 Å². The maximum absolute atomic E-state index is 10.7. The minimum atomic E-state index is -0.702. The van der Waals surface area contributed by atoms with E-state index >= 15 is 0 Å². The van der Waals surface area contributed by atoms with Crippen LogP contribution in [0.5, 0.6) is 5.75 Å². The Morgan fingerprint density at radius 2 is 2.33 bits per heavy atom. The van der Waals surface area contributed by atoms with Crippen molar-refractivity contribution in [1.82, 2.24) is 0 Å². The highest BCUT2D eigenvalue weighted by atomic mass is 16.6. The molecule has 1 aromatic rings. The Morgan fingerprint density at radius 3 is 2.73 bits per heavy atom. The molecule has 6 heteroatoms. The number of nitro groups is 1. The average molecular weight is 208 g/mol. The standard InChI is InChI=1S/C9H8N2O4/c1-15-8-3-2-6(5-12)9(11(13)14)7(8)4-10/h2-3,12H,5H2,1H3. The number of aliphatic hydroxyl groups excluding tert-OH is 1. The summed E-state index contributed by atoms with van der Waals surface area (Å²) in [6.07, 6.45) is 0. The molecular weight excluding hydrogens is 200 g/mol. The number of methoxy groups -OCH3 is 1. The normalized spacial score (nSPS) is 9.40. The second kappa shape index (κ2) is 4.39. The monoisotopic (exact) mass is 208 g/mol. The third kappa shape index (κ3) is 1.87. The van der Waals surface area contributed by atoms with Crippen molar-refractivity contribution in [1.29, 1.82) is 5.26 Å². The topological polar surface area (TPSA) is 96.4 Å². The van der Waals surface area contributed by atoms with Gasteiger partial charge in [-0.15, -0.1) is 0 Å². The Hall–Kier alpha value is -2.13. The van der Waals surface area contributed by atoms with Crippen LogP contribution in [0.3, 0.4) is 0 Å². The van der Waals surface area contributed by atoms with E-state index in [0.29, 0.717) is 0 Å². The third-order valence-corrected chi connectivity index (χ3v) is 1.91. The molecule has 0 aliphatic carbocycles. The van der Waals surface area contributed by atoms with Crippen LogP contribution in [0.25, 0.3) is 0 Å². The lowest BCUT2D eigenvalue weighted by atomic mass is 10.1. The molecule has 6 nitrogen and oxygen atoms in total. The van der Waals surface area contributed by atoms with E-state index in [1.165, 1.54) is 19.2 Å². The number of hydrogen-bond acceptors (Lipinski definition) is 5. The molecular formula is C9H8N2O4. The van der Waals surface area contributed by atoms with E-state index in [-0.39, 0.29) is 16.9 Å². The van der Waals surface area contributed by atoms with Gasteiger partial charge in [0.25, 0.3) is 5.69 Å². The molecule has 0 fully saturated rings. The van der Waals surface area contributed by atoms with E-state index < -0.39 is 17.2 Å². The van der Waals surface area contributed by atoms with Gasteiger partial charge in [0.2, 0.25) is 0 Å². The summed E-state index contributed by atoms with van der Waals surface area (Å²) in [5.41, 5.74) is -0.481. The number of aliphatic hydroxyl groups is 1. The largest absolute Gasteiger partial charge is 0.495 e. The molecule has 78 valence electrons. The Kier molecular flexibility index (Phi) is 3.21. The summed E-state index contributed by atoms with van der Waals surface area (Å²) < 4.78 is 4.82. The van der Waals surface area contributed by atoms with Crippen LogP contribution in [0, 0.1) is 21.4 Å². The fraction of sp³-hybridized carbons (Fsp3) is 0.222. The maximum atomic E-state index is 10.7. The zero-order valence-corrected chi connectivity index (χ0v) is 7.93. The van der Waals surface area contributed by atoms with Gasteiger partial charge in [0.05, 0.1) is 24.2 Å². The van der Waals surface area contributed by atoms with Gasteiger partial charge in [-0.05, 0) is 12.1 Å². The van der Waals surface area contributed by atoms with Crippen molar-refractivity contribution >= 4 is 5.69 Å². The minimum absolute atomic E-state index is 0.0948. The fourth-order valence-electron chi connectivity index (χ4n) is 1.23. The second-order valence-electron chi connectivity index (χ2n) is 2.68. The molecule has 1 N–H and O–H groups in total. The summed E-state index contributed by atoms with van der Waals surface area (Å²) in [5.74, 6) is 0.126. The Labute approximate surface area is 85.5 Å². The minimum Gasteiger partial charge on any atom is -0.495 e. The van der Waals surface area contributed by atoms with Crippen LogP contribution in [0.4, 0.5) is 5.69 Å². The number of nitriles is 1. The van der Waals surface area contributed by atoms with Crippen molar-refractivity contribution in [3.05, 3.63) is 33.4 Å². The average Bonchev–Trinajstić information content (AvgIpc) is 2.26. The van der Waals surface area contributed by atoms with Crippen LogP contribution in [0.2, 0.25) is 0 Å². The van der Waals surface area contributed by atoms with Gasteiger partial charge in [-0.25, -0.2) is 0 Å². The van der Waals surface area contributed by atoms with Crippen molar-refractivity contribution in [2.24, 2.45) is 0 Å². The molecule has 1 rings (SSSR count). The predicted molar refractivity (Wildman–Crippen MR) is 50.3 cm³/mol. The lowest BCUT2D eigenvalue weighted by molar-refractivity contribution is -0.386. The van der Waals surface area contributed by atoms with Gasteiger partial charge < -0.3 is 9.84 Å². The van der Waals surface area contributed by atoms with Crippen molar-refractivity contribution in [2.45, 2.75) is 6.61 Å². The molecule has 0 saturated carbocycles. The van der Waals surface area contributed by atoms with Gasteiger partial charge >= 0.3 is 0 Å². The first kappa shape index (κ1) is 10.9. The van der Waals surface area contributed by atoms with E-state index in [0.717, 1.165) is 0 Å². The first-order valence-corrected chi connectivity index (χ1v) is 4.01. The zero-order chi connectivity index (χ0) is 11.4. The third-order valence-electron chi connectivity index (χ3n) is 1.91. The lowest BCUT2D eigenvalue weighted by Gasteiger charge is -2.05. The van der Waals surface area contributed by atoms with Gasteiger partial charge in [0, 0.05) is 0 Å². The molecule has 0 unspecified atom stereocenters. The summed E-state index contributed by atoms with van der Waals surface area (Å²) in [4.78, 5) is 10.0. The zero-order valence-electron chi connectivity index (χ0n) is 7.93. The molecule has 0 atom stereocenters. The van der Waals surface area contributed by atoms with Crippen molar-refractivity contribution in [3.63, 3.8) is 0 Å². The number of nitrogens with zero attached hydrogens (tertiary/aromatic N) is 2. The van der Waals surface area contributed by atoms with Crippen LogP contribution in [0.1, 0.15) is 11.1 Å². The molecule has 1 aromatic carbocycles. The summed E-state index contributed by atoms with van der Waals surface area (Å²) >= 11 is 0. The molecule has 0 aliphatic rings. The van der Waals surface area contributed by atoms with Gasteiger partial charge in [0.15, 0.2) is 5.56 Å². The van der Waals surface area contributed by atoms with E-state index in [9.17, 15) is 10.1 Å². The van der Waals surface area contributed by atoms with E-state index in [1.807, 2.05) is 0 Å². The van der Waals surface area contributed by atoms with Gasteiger partial charge in [-0.1, -0.05) is 0 Å². The van der Waals surface area contributed by atoms with Crippen LogP contribution in [-0.4, -0.2) is 17.1 Å². The Balaban J connectivity index is 3.53. The van der Waals surface area contributed by atoms with Crippen LogP contribution in [0.15, 0.2) is 12.1 Å². The van der Waals surface area contributed by atoms with Crippen LogP contribution >= 0.6 is 0 Å². The lowest BCUT2D eigenvalue weighted by Crippen LogP contribution is -2.00. The Morgan fingerprint density at radius 1 is 1.67 bits per heavy atom. The quantitative estimate of drug-likeness (QED) is 0.589. The second-order valence-corrected chi connectivity index (χ2v) is 2.68. The smallest absolute Gasteiger partial charge is 0.296 e. The summed E-state index contributed by atoms with van der Waals surface area (Å²) in [5, 5.41) is 28.4. The first-order chi connectivity index (χ1) is 7.15. The molecule has 0 heterocycles. The highest BCUT2D eigenvalue weighted by Crippen LogP contribution is 2.31. The molecule has 15 heavy (non-hydrogen) atoms. The summed E-state index contributed by atoms with van der Waals surface area (Å²) in [6.45, 7) is -0.491. The van der Waals surface area contributed by atoms with Crippen LogP contribution < -0.4 is 4.74 Å².